The number of anilines is 1. The zero-order valence-electron chi connectivity index (χ0n) is 16.1. The summed E-state index contributed by atoms with van der Waals surface area (Å²) in [7, 11) is 0. The standard InChI is InChI=1S/C24H17Cl2NO2S/c1-15-7-12-19(13-20(15)26)27-23(28)21(17-8-10-18(25)11-9-17)22(24(27)29)30-14-16-5-3-2-4-6-16/h2-13H,14H2,1H3. The Hall–Kier alpha value is -2.53. The molecule has 0 fully saturated rings. The highest BCUT2D eigenvalue weighted by atomic mass is 35.5. The average Bonchev–Trinajstić information content (AvgIpc) is 2.99. The third-order valence-corrected chi connectivity index (χ3v) is 6.62. The monoisotopic (exact) mass is 453 g/mol. The Morgan fingerprint density at radius 1 is 0.867 bits per heavy atom. The van der Waals surface area contributed by atoms with E-state index in [1.807, 2.05) is 37.3 Å². The second-order valence-corrected chi connectivity index (χ2v) is 8.69. The second-order valence-electron chi connectivity index (χ2n) is 6.86. The molecule has 0 spiro atoms. The number of amides is 2. The van der Waals surface area contributed by atoms with E-state index in [-0.39, 0.29) is 11.8 Å². The van der Waals surface area contributed by atoms with E-state index in [0.717, 1.165) is 11.1 Å². The van der Waals surface area contributed by atoms with E-state index in [4.69, 9.17) is 23.2 Å². The minimum absolute atomic E-state index is 0.342. The molecule has 30 heavy (non-hydrogen) atoms. The van der Waals surface area contributed by atoms with Crippen LogP contribution in [0.25, 0.3) is 5.57 Å². The van der Waals surface area contributed by atoms with Gasteiger partial charge in [0.25, 0.3) is 11.8 Å². The van der Waals surface area contributed by atoms with Crippen molar-refractivity contribution in [1.29, 1.82) is 0 Å². The molecule has 150 valence electrons. The molecule has 6 heteroatoms. The van der Waals surface area contributed by atoms with E-state index < -0.39 is 0 Å². The number of hydrogen-bond acceptors (Lipinski definition) is 3. The van der Waals surface area contributed by atoms with Crippen LogP contribution >= 0.6 is 35.0 Å². The number of carbonyl (C=O) groups excluding carboxylic acids is 2. The van der Waals surface area contributed by atoms with Crippen molar-refractivity contribution in [3.05, 3.63) is 104 Å². The summed E-state index contributed by atoms with van der Waals surface area (Å²) < 4.78 is 0. The molecule has 0 radical (unpaired) electrons. The van der Waals surface area contributed by atoms with E-state index in [1.165, 1.54) is 16.7 Å². The van der Waals surface area contributed by atoms with E-state index in [1.54, 1.807) is 42.5 Å². The number of rotatable bonds is 5. The van der Waals surface area contributed by atoms with E-state index in [2.05, 4.69) is 0 Å². The predicted molar refractivity (Wildman–Crippen MR) is 125 cm³/mol. The van der Waals surface area contributed by atoms with Crippen molar-refractivity contribution < 1.29 is 9.59 Å². The summed E-state index contributed by atoms with van der Waals surface area (Å²) in [6.07, 6.45) is 0. The smallest absolute Gasteiger partial charge is 0.268 e. The fourth-order valence-corrected chi connectivity index (χ4v) is 4.57. The molecule has 3 nitrogen and oxygen atoms in total. The first-order chi connectivity index (χ1) is 14.5. The van der Waals surface area contributed by atoms with Crippen LogP contribution in [0.1, 0.15) is 16.7 Å². The van der Waals surface area contributed by atoms with Crippen LogP contribution in [-0.4, -0.2) is 11.8 Å². The molecule has 0 bridgehead atoms. The molecular formula is C24H17Cl2NO2S. The lowest BCUT2D eigenvalue weighted by Gasteiger charge is -2.16. The van der Waals surface area contributed by atoms with Gasteiger partial charge in [0.2, 0.25) is 0 Å². The van der Waals surface area contributed by atoms with E-state index in [0.29, 0.717) is 37.5 Å². The van der Waals surface area contributed by atoms with Gasteiger partial charge in [-0.3, -0.25) is 9.59 Å². The van der Waals surface area contributed by atoms with Crippen LogP contribution in [0, 0.1) is 6.92 Å². The molecule has 0 N–H and O–H groups in total. The second kappa shape index (κ2) is 8.68. The van der Waals surface area contributed by atoms with Gasteiger partial charge in [-0.25, -0.2) is 4.90 Å². The number of hydrogen-bond donors (Lipinski definition) is 0. The summed E-state index contributed by atoms with van der Waals surface area (Å²) in [6.45, 7) is 1.87. The molecule has 4 rings (SSSR count). The maximum Gasteiger partial charge on any atom is 0.272 e. The van der Waals surface area contributed by atoms with Crippen molar-refractivity contribution in [1.82, 2.24) is 0 Å². The van der Waals surface area contributed by atoms with Crippen molar-refractivity contribution in [3.8, 4) is 0 Å². The van der Waals surface area contributed by atoms with Gasteiger partial charge in [-0.2, -0.15) is 0 Å². The third-order valence-electron chi connectivity index (χ3n) is 4.81. The maximum atomic E-state index is 13.4. The van der Waals surface area contributed by atoms with Crippen LogP contribution in [0.15, 0.2) is 77.7 Å². The predicted octanol–water partition coefficient (Wildman–Crippen LogP) is 6.52. The van der Waals surface area contributed by atoms with Gasteiger partial charge >= 0.3 is 0 Å². The Bertz CT molecular complexity index is 1160. The summed E-state index contributed by atoms with van der Waals surface area (Å²) >= 11 is 13.6. The highest BCUT2D eigenvalue weighted by Gasteiger charge is 2.40. The van der Waals surface area contributed by atoms with Crippen molar-refractivity contribution in [3.63, 3.8) is 0 Å². The SMILES string of the molecule is Cc1ccc(N2C(=O)C(SCc3ccccc3)=C(c3ccc(Cl)cc3)C2=O)cc1Cl. The Morgan fingerprint density at radius 2 is 1.57 bits per heavy atom. The molecule has 0 unspecified atom stereocenters. The zero-order valence-corrected chi connectivity index (χ0v) is 18.4. The van der Waals surface area contributed by atoms with Crippen LogP contribution in [0.4, 0.5) is 5.69 Å². The van der Waals surface area contributed by atoms with Gasteiger partial charge in [0, 0.05) is 15.8 Å². The van der Waals surface area contributed by atoms with Gasteiger partial charge in [-0.15, -0.1) is 11.8 Å². The Labute approximate surface area is 189 Å². The van der Waals surface area contributed by atoms with Crippen LogP contribution in [0.2, 0.25) is 10.0 Å². The Kier molecular flexibility index (Phi) is 6.00. The molecule has 0 saturated carbocycles. The van der Waals surface area contributed by atoms with Crippen LogP contribution in [0.3, 0.4) is 0 Å². The number of aryl methyl sites for hydroxylation is 1. The van der Waals surface area contributed by atoms with Gasteiger partial charge < -0.3 is 0 Å². The molecule has 3 aromatic carbocycles. The molecule has 2 amide bonds. The molecule has 1 aliphatic rings. The van der Waals surface area contributed by atoms with Gasteiger partial charge in [0.05, 0.1) is 16.2 Å². The first-order valence-corrected chi connectivity index (χ1v) is 11.0. The number of carbonyl (C=O) groups is 2. The average molecular weight is 454 g/mol. The first kappa shape index (κ1) is 20.7. The number of imide groups is 1. The third kappa shape index (κ3) is 4.04. The largest absolute Gasteiger partial charge is 0.272 e. The number of nitrogens with zero attached hydrogens (tertiary/aromatic N) is 1. The summed E-state index contributed by atoms with van der Waals surface area (Å²) in [5, 5.41) is 1.07. The lowest BCUT2D eigenvalue weighted by molar-refractivity contribution is -0.119. The van der Waals surface area contributed by atoms with Gasteiger partial charge in [0.1, 0.15) is 0 Å². The van der Waals surface area contributed by atoms with Gasteiger partial charge in [0.15, 0.2) is 0 Å². The summed E-state index contributed by atoms with van der Waals surface area (Å²) in [5.41, 5.74) is 3.46. The number of halogens is 2. The van der Waals surface area contributed by atoms with Crippen LogP contribution < -0.4 is 4.90 Å². The van der Waals surface area contributed by atoms with Crippen LogP contribution in [-0.2, 0) is 15.3 Å². The molecule has 0 aromatic heterocycles. The van der Waals surface area contributed by atoms with Crippen LogP contribution in [0.5, 0.6) is 0 Å². The molecule has 0 atom stereocenters. The highest BCUT2D eigenvalue weighted by molar-refractivity contribution is 8.03. The summed E-state index contributed by atoms with van der Waals surface area (Å²) in [4.78, 5) is 28.3. The lowest BCUT2D eigenvalue weighted by atomic mass is 10.1. The first-order valence-electron chi connectivity index (χ1n) is 9.27. The molecular weight excluding hydrogens is 437 g/mol. The number of thioether (sulfide) groups is 1. The van der Waals surface area contributed by atoms with Gasteiger partial charge in [-0.05, 0) is 47.9 Å². The molecule has 1 aliphatic heterocycles. The minimum Gasteiger partial charge on any atom is -0.268 e. The Morgan fingerprint density at radius 3 is 2.23 bits per heavy atom. The van der Waals surface area contributed by atoms with Crippen molar-refractivity contribution in [2.24, 2.45) is 0 Å². The lowest BCUT2D eigenvalue weighted by Crippen LogP contribution is -2.31. The maximum absolute atomic E-state index is 13.4. The number of benzene rings is 3. The highest BCUT2D eigenvalue weighted by Crippen LogP contribution is 2.40. The van der Waals surface area contributed by atoms with E-state index >= 15 is 0 Å². The quantitative estimate of drug-likeness (QED) is 0.412. The zero-order chi connectivity index (χ0) is 21.3. The van der Waals surface area contributed by atoms with Crippen molar-refractivity contribution in [2.75, 3.05) is 4.90 Å². The normalized spacial score (nSPS) is 14.0. The van der Waals surface area contributed by atoms with Crippen molar-refractivity contribution >= 4 is 58.0 Å². The molecule has 0 saturated heterocycles. The van der Waals surface area contributed by atoms with Gasteiger partial charge in [-0.1, -0.05) is 71.7 Å². The summed E-state index contributed by atoms with van der Waals surface area (Å²) in [6, 6.07) is 22.0. The molecule has 3 aromatic rings. The van der Waals surface area contributed by atoms with E-state index in [9.17, 15) is 9.59 Å². The fraction of sp³-hybridized carbons (Fsp3) is 0.0833. The fourth-order valence-electron chi connectivity index (χ4n) is 3.20. The minimum atomic E-state index is -0.363. The molecule has 1 heterocycles. The summed E-state index contributed by atoms with van der Waals surface area (Å²) in [5.74, 6) is -0.127. The Balaban J connectivity index is 1.75. The topological polar surface area (TPSA) is 37.4 Å². The molecule has 0 aliphatic carbocycles. The van der Waals surface area contributed by atoms with Crippen molar-refractivity contribution in [2.45, 2.75) is 12.7 Å².